The monoisotopic (exact) mass is 544 g/mol. The van der Waals surface area contributed by atoms with Crippen LogP contribution in [0.3, 0.4) is 0 Å². The van der Waals surface area contributed by atoms with Gasteiger partial charge >= 0.3 is 0 Å². The van der Waals surface area contributed by atoms with Crippen molar-refractivity contribution < 1.29 is 9.47 Å². The third-order valence-corrected chi connectivity index (χ3v) is 7.75. The van der Waals surface area contributed by atoms with Gasteiger partial charge in [0, 0.05) is 39.2 Å². The normalized spacial score (nSPS) is 11.1. The second-order valence-corrected chi connectivity index (χ2v) is 10.1. The molecule has 42 heavy (non-hydrogen) atoms. The predicted molar refractivity (Wildman–Crippen MR) is 172 cm³/mol. The molecule has 4 nitrogen and oxygen atoms in total. The van der Waals surface area contributed by atoms with E-state index in [1.165, 1.54) is 0 Å². The van der Waals surface area contributed by atoms with Crippen molar-refractivity contribution in [2.75, 3.05) is 14.2 Å². The smallest absolute Gasteiger partial charge is 0.128 e. The summed E-state index contributed by atoms with van der Waals surface area (Å²) in [6.07, 6.45) is 1.88. The SMILES string of the molecule is COc1ccccc1-c1nc2c(ccc3c(-c4ccccc4)ccnc32)c(-c2ccccc2)c1-c1ccccc1OC. The topological polar surface area (TPSA) is 44.2 Å². The van der Waals surface area contributed by atoms with Crippen molar-refractivity contribution in [2.45, 2.75) is 0 Å². The number of methoxy groups -OCH3 is 2. The Hall–Kier alpha value is -5.48. The molecule has 0 spiro atoms. The average Bonchev–Trinajstić information content (AvgIpc) is 3.07. The predicted octanol–water partition coefficient (Wildman–Crippen LogP) is 9.47. The Morgan fingerprint density at radius 1 is 0.452 bits per heavy atom. The zero-order valence-corrected chi connectivity index (χ0v) is 23.4. The first-order valence-electron chi connectivity index (χ1n) is 13.9. The van der Waals surface area contributed by atoms with E-state index >= 15 is 0 Å². The number of aromatic nitrogens is 2. The lowest BCUT2D eigenvalue weighted by Crippen LogP contribution is -2.00. The highest BCUT2D eigenvalue weighted by Gasteiger charge is 2.25. The van der Waals surface area contributed by atoms with E-state index in [9.17, 15) is 0 Å². The molecule has 0 aliphatic rings. The van der Waals surface area contributed by atoms with Gasteiger partial charge in [0.15, 0.2) is 0 Å². The van der Waals surface area contributed by atoms with Gasteiger partial charge in [-0.1, -0.05) is 103 Å². The molecule has 4 heteroatoms. The quantitative estimate of drug-likeness (QED) is 0.196. The van der Waals surface area contributed by atoms with Gasteiger partial charge in [-0.25, -0.2) is 4.98 Å². The Labute approximate surface area is 244 Å². The first-order valence-corrected chi connectivity index (χ1v) is 13.9. The molecule has 2 heterocycles. The van der Waals surface area contributed by atoms with Gasteiger partial charge in [-0.15, -0.1) is 0 Å². The summed E-state index contributed by atoms with van der Waals surface area (Å²) in [5.41, 5.74) is 9.76. The van der Waals surface area contributed by atoms with Crippen LogP contribution in [-0.4, -0.2) is 24.2 Å². The van der Waals surface area contributed by atoms with Crippen molar-refractivity contribution in [2.24, 2.45) is 0 Å². The minimum atomic E-state index is 0.748. The molecule has 0 aliphatic heterocycles. The van der Waals surface area contributed by atoms with Crippen LogP contribution in [0.5, 0.6) is 11.5 Å². The van der Waals surface area contributed by atoms with Crippen molar-refractivity contribution in [3.05, 3.63) is 134 Å². The molecule has 0 fully saturated rings. The van der Waals surface area contributed by atoms with Crippen LogP contribution in [0.1, 0.15) is 0 Å². The Morgan fingerprint density at radius 3 is 1.71 bits per heavy atom. The van der Waals surface area contributed by atoms with Crippen LogP contribution < -0.4 is 9.47 Å². The summed E-state index contributed by atoms with van der Waals surface area (Å²) in [7, 11) is 3.41. The Bertz CT molecular complexity index is 2050. The number of benzene rings is 5. The van der Waals surface area contributed by atoms with Crippen LogP contribution in [0.25, 0.3) is 66.4 Å². The number of ether oxygens (including phenoxy) is 2. The van der Waals surface area contributed by atoms with E-state index in [2.05, 4.69) is 78.9 Å². The standard InChI is InChI=1S/C38H28N2O2/c1-41-32-19-11-9-17-29(32)35-34(26-15-7-4-8-16-26)31-22-21-28-27(25-13-5-3-6-14-25)23-24-39-37(28)38(31)40-36(35)30-18-10-12-20-33(30)42-2/h3-24H,1-2H3. The maximum Gasteiger partial charge on any atom is 0.128 e. The number of hydrogen-bond donors (Lipinski definition) is 0. The molecule has 7 rings (SSSR count). The summed E-state index contributed by atoms with van der Waals surface area (Å²) in [4.78, 5) is 10.4. The summed E-state index contributed by atoms with van der Waals surface area (Å²) in [5, 5.41) is 2.07. The molecule has 0 saturated heterocycles. The van der Waals surface area contributed by atoms with E-state index in [-0.39, 0.29) is 0 Å². The molecule has 7 aromatic rings. The highest BCUT2D eigenvalue weighted by atomic mass is 16.5. The zero-order chi connectivity index (χ0) is 28.5. The number of fused-ring (bicyclic) bond motifs is 3. The van der Waals surface area contributed by atoms with Gasteiger partial charge in [0.2, 0.25) is 0 Å². The fraction of sp³-hybridized carbons (Fsp3) is 0.0526. The van der Waals surface area contributed by atoms with Crippen molar-refractivity contribution in [3.63, 3.8) is 0 Å². The Morgan fingerprint density at radius 2 is 1.02 bits per heavy atom. The van der Waals surface area contributed by atoms with Gasteiger partial charge < -0.3 is 9.47 Å². The lowest BCUT2D eigenvalue weighted by Gasteiger charge is -2.21. The summed E-state index contributed by atoms with van der Waals surface area (Å²) >= 11 is 0. The van der Waals surface area contributed by atoms with Crippen molar-refractivity contribution in [3.8, 4) is 56.1 Å². The van der Waals surface area contributed by atoms with E-state index in [1.807, 2.05) is 54.7 Å². The molecular formula is C38H28N2O2. The van der Waals surface area contributed by atoms with Gasteiger partial charge in [-0.2, -0.15) is 0 Å². The third kappa shape index (κ3) is 4.25. The summed E-state index contributed by atoms with van der Waals surface area (Å²) in [5.74, 6) is 1.52. The number of nitrogens with zero attached hydrogens (tertiary/aromatic N) is 2. The van der Waals surface area contributed by atoms with Crippen LogP contribution >= 0.6 is 0 Å². The molecular weight excluding hydrogens is 516 g/mol. The third-order valence-electron chi connectivity index (χ3n) is 7.75. The van der Waals surface area contributed by atoms with E-state index in [0.717, 1.165) is 77.9 Å². The molecule has 0 atom stereocenters. The highest BCUT2D eigenvalue weighted by molar-refractivity contribution is 6.16. The van der Waals surface area contributed by atoms with E-state index in [4.69, 9.17) is 19.4 Å². The van der Waals surface area contributed by atoms with Gasteiger partial charge in [-0.05, 0) is 41.0 Å². The van der Waals surface area contributed by atoms with Crippen LogP contribution in [0.4, 0.5) is 0 Å². The molecule has 0 saturated carbocycles. The van der Waals surface area contributed by atoms with Gasteiger partial charge in [0.1, 0.15) is 11.5 Å². The minimum absolute atomic E-state index is 0.748. The average molecular weight is 545 g/mol. The highest BCUT2D eigenvalue weighted by Crippen LogP contribution is 2.48. The summed E-state index contributed by atoms with van der Waals surface area (Å²) in [6, 6.07) is 43.5. The maximum atomic E-state index is 5.91. The van der Waals surface area contributed by atoms with Crippen LogP contribution in [0.2, 0.25) is 0 Å². The minimum Gasteiger partial charge on any atom is -0.496 e. The molecule has 0 bridgehead atoms. The van der Waals surface area contributed by atoms with E-state index < -0.39 is 0 Å². The van der Waals surface area contributed by atoms with Gasteiger partial charge in [0.05, 0.1) is 30.9 Å². The molecule has 0 amide bonds. The van der Waals surface area contributed by atoms with Crippen molar-refractivity contribution in [1.29, 1.82) is 0 Å². The molecule has 0 unspecified atom stereocenters. The van der Waals surface area contributed by atoms with Crippen LogP contribution in [0, 0.1) is 0 Å². The number of para-hydroxylation sites is 2. The summed E-state index contributed by atoms with van der Waals surface area (Å²) < 4.78 is 11.8. The number of pyridine rings is 2. The maximum absolute atomic E-state index is 5.91. The summed E-state index contributed by atoms with van der Waals surface area (Å²) in [6.45, 7) is 0. The molecule has 5 aromatic carbocycles. The van der Waals surface area contributed by atoms with Gasteiger partial charge in [0.25, 0.3) is 0 Å². The fourth-order valence-electron chi connectivity index (χ4n) is 5.86. The van der Waals surface area contributed by atoms with Crippen molar-refractivity contribution in [1.82, 2.24) is 9.97 Å². The molecule has 0 aliphatic carbocycles. The largest absolute Gasteiger partial charge is 0.496 e. The van der Waals surface area contributed by atoms with Crippen LogP contribution in [0.15, 0.2) is 134 Å². The lowest BCUT2D eigenvalue weighted by molar-refractivity contribution is 0.415. The number of rotatable bonds is 6. The molecule has 0 radical (unpaired) electrons. The van der Waals surface area contributed by atoms with E-state index in [0.29, 0.717) is 0 Å². The van der Waals surface area contributed by atoms with Crippen LogP contribution in [-0.2, 0) is 0 Å². The molecule has 2 aromatic heterocycles. The van der Waals surface area contributed by atoms with Crippen molar-refractivity contribution >= 4 is 21.8 Å². The lowest BCUT2D eigenvalue weighted by atomic mass is 9.87. The second kappa shape index (κ2) is 10.8. The molecule has 0 N–H and O–H groups in total. The Balaban J connectivity index is 1.69. The molecule has 202 valence electrons. The second-order valence-electron chi connectivity index (χ2n) is 10.1. The van der Waals surface area contributed by atoms with Gasteiger partial charge in [-0.3, -0.25) is 4.98 Å². The van der Waals surface area contributed by atoms with E-state index in [1.54, 1.807) is 14.2 Å². The fourth-order valence-corrected chi connectivity index (χ4v) is 5.86. The Kier molecular flexibility index (Phi) is 6.57. The number of hydrogen-bond acceptors (Lipinski definition) is 4. The first kappa shape index (κ1) is 25.5. The zero-order valence-electron chi connectivity index (χ0n) is 23.4. The first-order chi connectivity index (χ1) is 20.8.